The molecule has 0 radical (unpaired) electrons. The Morgan fingerprint density at radius 1 is 1.26 bits per heavy atom. The van der Waals surface area contributed by atoms with Gasteiger partial charge in [-0.1, -0.05) is 23.7 Å². The fraction of sp³-hybridized carbons (Fsp3) is 0.286. The van der Waals surface area contributed by atoms with Crippen molar-refractivity contribution in [3.05, 3.63) is 75.3 Å². The van der Waals surface area contributed by atoms with Gasteiger partial charge in [0.05, 0.1) is 10.5 Å². The van der Waals surface area contributed by atoms with E-state index in [0.29, 0.717) is 34.7 Å². The number of pyridine rings is 2. The van der Waals surface area contributed by atoms with Gasteiger partial charge in [0.2, 0.25) is 0 Å². The van der Waals surface area contributed by atoms with Gasteiger partial charge in [0.25, 0.3) is 0 Å². The topological polar surface area (TPSA) is 66.1 Å². The SMILES string of the molecule is O=C(c1ccccn1)C1CCCN(Cc2cc(=O)c3cccc(Cl)c3[nH]2)C1. The molecule has 3 heterocycles. The number of aromatic nitrogens is 2. The molecular formula is C21H20ClN3O2. The van der Waals surface area contributed by atoms with Crippen LogP contribution in [0.25, 0.3) is 10.9 Å². The van der Waals surface area contributed by atoms with Crippen LogP contribution in [-0.2, 0) is 6.54 Å². The van der Waals surface area contributed by atoms with Crippen LogP contribution < -0.4 is 5.43 Å². The molecule has 1 N–H and O–H groups in total. The number of fused-ring (bicyclic) bond motifs is 1. The first kappa shape index (κ1) is 17.9. The van der Waals surface area contributed by atoms with Gasteiger partial charge in [-0.05, 0) is 43.7 Å². The number of rotatable bonds is 4. The molecule has 1 atom stereocenters. The second-order valence-electron chi connectivity index (χ2n) is 6.97. The Bertz CT molecular complexity index is 1030. The minimum absolute atomic E-state index is 0.0422. The molecule has 3 aromatic rings. The number of hydrogen-bond acceptors (Lipinski definition) is 4. The van der Waals surface area contributed by atoms with Crippen LogP contribution >= 0.6 is 11.6 Å². The Hall–Kier alpha value is -2.50. The Balaban J connectivity index is 1.53. The average Bonchev–Trinajstić information content (AvgIpc) is 2.69. The van der Waals surface area contributed by atoms with Crippen LogP contribution in [0.5, 0.6) is 0 Å². The fourth-order valence-corrected chi connectivity index (χ4v) is 3.97. The Labute approximate surface area is 162 Å². The molecule has 27 heavy (non-hydrogen) atoms. The second kappa shape index (κ2) is 7.62. The smallest absolute Gasteiger partial charge is 0.189 e. The van der Waals surface area contributed by atoms with E-state index in [4.69, 9.17) is 11.6 Å². The van der Waals surface area contributed by atoms with Crippen molar-refractivity contribution in [2.45, 2.75) is 19.4 Å². The zero-order valence-corrected chi connectivity index (χ0v) is 15.6. The summed E-state index contributed by atoms with van der Waals surface area (Å²) in [6.45, 7) is 2.15. The molecule has 0 aliphatic carbocycles. The Morgan fingerprint density at radius 2 is 2.15 bits per heavy atom. The summed E-state index contributed by atoms with van der Waals surface area (Å²) in [4.78, 5) is 34.8. The number of nitrogens with one attached hydrogen (secondary N) is 1. The number of nitrogens with zero attached hydrogens (tertiary/aromatic N) is 2. The van der Waals surface area contributed by atoms with Crippen molar-refractivity contribution in [3.63, 3.8) is 0 Å². The van der Waals surface area contributed by atoms with Crippen molar-refractivity contribution in [2.75, 3.05) is 13.1 Å². The molecule has 0 amide bonds. The third-order valence-corrected chi connectivity index (χ3v) is 5.37. The highest BCUT2D eigenvalue weighted by atomic mass is 35.5. The maximum atomic E-state index is 12.7. The van der Waals surface area contributed by atoms with Crippen LogP contribution in [0.15, 0.2) is 53.5 Å². The van der Waals surface area contributed by atoms with Gasteiger partial charge in [0.15, 0.2) is 11.2 Å². The number of Topliss-reactive ketones (excluding diaryl/α,β-unsaturated/α-hetero) is 1. The van der Waals surface area contributed by atoms with Gasteiger partial charge < -0.3 is 4.98 Å². The maximum Gasteiger partial charge on any atom is 0.189 e. The Kier molecular flexibility index (Phi) is 5.05. The van der Waals surface area contributed by atoms with E-state index >= 15 is 0 Å². The number of likely N-dealkylation sites (tertiary alicyclic amines) is 1. The van der Waals surface area contributed by atoms with E-state index in [0.717, 1.165) is 25.1 Å². The number of hydrogen-bond donors (Lipinski definition) is 1. The van der Waals surface area contributed by atoms with Crippen molar-refractivity contribution in [2.24, 2.45) is 5.92 Å². The van der Waals surface area contributed by atoms with Crippen molar-refractivity contribution < 1.29 is 4.79 Å². The van der Waals surface area contributed by atoms with Crippen LogP contribution in [0.3, 0.4) is 0 Å². The van der Waals surface area contributed by atoms with Crippen molar-refractivity contribution in [1.82, 2.24) is 14.9 Å². The monoisotopic (exact) mass is 381 g/mol. The largest absolute Gasteiger partial charge is 0.356 e. The summed E-state index contributed by atoms with van der Waals surface area (Å²) in [6.07, 6.45) is 3.46. The fourth-order valence-electron chi connectivity index (χ4n) is 3.75. The minimum Gasteiger partial charge on any atom is -0.356 e. The average molecular weight is 382 g/mol. The van der Waals surface area contributed by atoms with Crippen LogP contribution in [0.1, 0.15) is 29.0 Å². The zero-order valence-electron chi connectivity index (χ0n) is 14.8. The molecule has 1 saturated heterocycles. The molecule has 4 rings (SSSR count). The molecule has 1 aliphatic heterocycles. The lowest BCUT2D eigenvalue weighted by atomic mass is 9.92. The minimum atomic E-state index is -0.0654. The molecule has 1 aliphatic rings. The number of ketones is 1. The molecule has 0 saturated carbocycles. The highest BCUT2D eigenvalue weighted by molar-refractivity contribution is 6.35. The van der Waals surface area contributed by atoms with Crippen LogP contribution in [-0.4, -0.2) is 33.7 Å². The zero-order chi connectivity index (χ0) is 18.8. The molecule has 6 heteroatoms. The Morgan fingerprint density at radius 3 is 2.96 bits per heavy atom. The lowest BCUT2D eigenvalue weighted by Crippen LogP contribution is -2.38. The van der Waals surface area contributed by atoms with E-state index in [1.54, 1.807) is 36.5 Å². The molecule has 0 bridgehead atoms. The maximum absolute atomic E-state index is 12.7. The van der Waals surface area contributed by atoms with Crippen LogP contribution in [0.4, 0.5) is 0 Å². The van der Waals surface area contributed by atoms with Crippen molar-refractivity contribution >= 4 is 28.3 Å². The van der Waals surface area contributed by atoms with E-state index in [1.165, 1.54) is 0 Å². The molecule has 1 fully saturated rings. The number of piperidine rings is 1. The van der Waals surface area contributed by atoms with Crippen LogP contribution in [0.2, 0.25) is 5.02 Å². The number of carbonyl (C=O) groups excluding carboxylic acids is 1. The highest BCUT2D eigenvalue weighted by Crippen LogP contribution is 2.23. The summed E-state index contributed by atoms with van der Waals surface area (Å²) in [5.41, 5.74) is 1.96. The second-order valence-corrected chi connectivity index (χ2v) is 7.38. The van der Waals surface area contributed by atoms with Crippen molar-refractivity contribution in [1.29, 1.82) is 0 Å². The predicted molar refractivity (Wildman–Crippen MR) is 106 cm³/mol. The first-order valence-corrected chi connectivity index (χ1v) is 9.47. The van der Waals surface area contributed by atoms with E-state index in [9.17, 15) is 9.59 Å². The standard InChI is InChI=1S/C21H20ClN3O2/c22-17-7-3-6-16-19(26)11-15(24-20(16)17)13-25-10-4-5-14(12-25)21(27)18-8-1-2-9-23-18/h1-3,6-9,11,14H,4-5,10,12-13H2,(H,24,26). The van der Waals surface area contributed by atoms with Gasteiger partial charge in [-0.25, -0.2) is 0 Å². The molecule has 0 spiro atoms. The summed E-state index contributed by atoms with van der Waals surface area (Å²) in [5.74, 6) is 0.0276. The van der Waals surface area contributed by atoms with Gasteiger partial charge >= 0.3 is 0 Å². The lowest BCUT2D eigenvalue weighted by molar-refractivity contribution is 0.0805. The number of benzene rings is 1. The van der Waals surface area contributed by atoms with Gasteiger partial charge in [0, 0.05) is 42.4 Å². The first-order chi connectivity index (χ1) is 13.1. The number of halogens is 1. The van der Waals surface area contributed by atoms with E-state index in [-0.39, 0.29) is 17.1 Å². The summed E-state index contributed by atoms with van der Waals surface area (Å²) < 4.78 is 0. The molecule has 138 valence electrons. The predicted octanol–water partition coefficient (Wildman–Crippen LogP) is 3.67. The molecule has 5 nitrogen and oxygen atoms in total. The third-order valence-electron chi connectivity index (χ3n) is 5.06. The highest BCUT2D eigenvalue weighted by Gasteiger charge is 2.27. The van der Waals surface area contributed by atoms with Crippen molar-refractivity contribution in [3.8, 4) is 0 Å². The van der Waals surface area contributed by atoms with E-state index in [2.05, 4.69) is 14.9 Å². The molecule has 2 aromatic heterocycles. The summed E-state index contributed by atoms with van der Waals surface area (Å²) in [7, 11) is 0. The normalized spacial score (nSPS) is 17.9. The van der Waals surface area contributed by atoms with Gasteiger partial charge in [0.1, 0.15) is 5.69 Å². The van der Waals surface area contributed by atoms with Gasteiger partial charge in [-0.15, -0.1) is 0 Å². The molecule has 1 unspecified atom stereocenters. The van der Waals surface area contributed by atoms with Gasteiger partial charge in [-0.3, -0.25) is 19.5 Å². The van der Waals surface area contributed by atoms with E-state index in [1.807, 2.05) is 12.1 Å². The number of aromatic amines is 1. The molecule has 1 aromatic carbocycles. The number of H-pyrrole nitrogens is 1. The summed E-state index contributed by atoms with van der Waals surface area (Å²) in [5, 5.41) is 1.13. The quantitative estimate of drug-likeness (QED) is 0.700. The van der Waals surface area contributed by atoms with Crippen LogP contribution in [0, 0.1) is 5.92 Å². The number of carbonyl (C=O) groups is 1. The van der Waals surface area contributed by atoms with Gasteiger partial charge in [-0.2, -0.15) is 0 Å². The summed E-state index contributed by atoms with van der Waals surface area (Å²) >= 11 is 6.24. The third kappa shape index (κ3) is 3.80. The first-order valence-electron chi connectivity index (χ1n) is 9.10. The summed E-state index contributed by atoms with van der Waals surface area (Å²) in [6, 6.07) is 12.4. The number of para-hydroxylation sites is 1. The van der Waals surface area contributed by atoms with E-state index < -0.39 is 0 Å². The lowest BCUT2D eigenvalue weighted by Gasteiger charge is -2.31. The molecular weight excluding hydrogens is 362 g/mol.